The molecule has 0 heterocycles. The first-order valence-corrected chi connectivity index (χ1v) is 6.75. The second-order valence-electron chi connectivity index (χ2n) is 4.50. The Bertz CT molecular complexity index is 453. The number of carboxylic acids is 1. The maximum Gasteiger partial charge on any atom is 0.335 e. The number of aliphatic hydroxyl groups is 1. The van der Waals surface area contributed by atoms with Crippen molar-refractivity contribution in [1.82, 2.24) is 0 Å². The number of benzene rings is 1. The maximum absolute atomic E-state index is 10.9. The van der Waals surface area contributed by atoms with E-state index in [9.17, 15) is 9.90 Å². The molecule has 0 bridgehead atoms. The van der Waals surface area contributed by atoms with E-state index in [4.69, 9.17) is 16.7 Å². The monoisotopic (exact) mass is 282 g/mol. The smallest absolute Gasteiger partial charge is 0.335 e. The molecule has 1 saturated carbocycles. The molecule has 19 heavy (non-hydrogen) atoms. The minimum atomic E-state index is -0.938. The fourth-order valence-electron chi connectivity index (χ4n) is 1.98. The van der Waals surface area contributed by atoms with Crippen molar-refractivity contribution < 1.29 is 15.0 Å². The third kappa shape index (κ3) is 4.37. The summed E-state index contributed by atoms with van der Waals surface area (Å²) >= 11 is 4.76. The van der Waals surface area contributed by atoms with E-state index in [1.54, 1.807) is 12.1 Å². The number of carboxylic acid groups (broad SMARTS) is 1. The molecule has 0 aliphatic heterocycles. The van der Waals surface area contributed by atoms with Gasteiger partial charge in [0.15, 0.2) is 0 Å². The number of aromatic carboxylic acids is 1. The van der Waals surface area contributed by atoms with Gasteiger partial charge in [-0.2, -0.15) is 0 Å². The Kier molecular flexibility index (Phi) is 6.06. The average Bonchev–Trinajstić information content (AvgIpc) is 3.22. The minimum Gasteiger partial charge on any atom is -0.478 e. The molecular weight excluding hydrogens is 264 g/mol. The van der Waals surface area contributed by atoms with Crippen LogP contribution in [0.25, 0.3) is 0 Å². The molecule has 0 spiro atoms. The first-order valence-electron chi connectivity index (χ1n) is 6.31. The summed E-state index contributed by atoms with van der Waals surface area (Å²) in [5, 5.41) is 18.8. The van der Waals surface area contributed by atoms with Crippen LogP contribution in [0, 0.1) is 0 Å². The first kappa shape index (κ1) is 15.7. The van der Waals surface area contributed by atoms with E-state index >= 15 is 0 Å². The molecule has 0 amide bonds. The molecule has 0 aromatic heterocycles. The van der Waals surface area contributed by atoms with Gasteiger partial charge in [-0.1, -0.05) is 31.2 Å². The van der Waals surface area contributed by atoms with E-state index in [-0.39, 0.29) is 5.56 Å². The lowest BCUT2D eigenvalue weighted by atomic mass is 9.95. The van der Waals surface area contributed by atoms with E-state index in [0.29, 0.717) is 12.3 Å². The second-order valence-corrected chi connectivity index (χ2v) is 4.81. The standard InChI is InChI=1S/C13H16O3.C2H3Cl/c1-2-12(14)11-7-9(13(15)16)5-6-10(11)8-3-4-8;1-2-3/h5-8,12,14H,2-4H2,1H3,(H,15,16);2H,1H2. The van der Waals surface area contributed by atoms with Crippen molar-refractivity contribution in [1.29, 1.82) is 0 Å². The summed E-state index contributed by atoms with van der Waals surface area (Å²) in [5.74, 6) is -0.411. The number of rotatable bonds is 4. The van der Waals surface area contributed by atoms with E-state index in [1.165, 1.54) is 5.54 Å². The van der Waals surface area contributed by atoms with Crippen LogP contribution in [0.15, 0.2) is 30.3 Å². The van der Waals surface area contributed by atoms with E-state index < -0.39 is 12.1 Å². The molecule has 4 heteroatoms. The van der Waals surface area contributed by atoms with Crippen molar-refractivity contribution in [2.75, 3.05) is 0 Å². The summed E-state index contributed by atoms with van der Waals surface area (Å²) in [5.41, 5.74) is 3.40. The molecule has 1 aliphatic carbocycles. The minimum absolute atomic E-state index is 0.256. The average molecular weight is 283 g/mol. The molecule has 1 fully saturated rings. The lowest BCUT2D eigenvalue weighted by Crippen LogP contribution is -2.04. The van der Waals surface area contributed by atoms with Gasteiger partial charge in [0, 0.05) is 0 Å². The Labute approximate surface area is 118 Å². The van der Waals surface area contributed by atoms with E-state index in [2.05, 4.69) is 6.58 Å². The number of halogens is 1. The Morgan fingerprint density at radius 2 is 2.16 bits per heavy atom. The van der Waals surface area contributed by atoms with Gasteiger partial charge < -0.3 is 10.2 Å². The number of hydrogen-bond donors (Lipinski definition) is 2. The summed E-state index contributed by atoms with van der Waals surface area (Å²) in [6.07, 6.45) is 2.36. The highest BCUT2D eigenvalue weighted by molar-refractivity contribution is 6.25. The van der Waals surface area contributed by atoms with Gasteiger partial charge in [0.25, 0.3) is 0 Å². The van der Waals surface area contributed by atoms with Crippen molar-refractivity contribution in [2.45, 2.75) is 38.2 Å². The van der Waals surface area contributed by atoms with Crippen LogP contribution in [0.1, 0.15) is 59.7 Å². The predicted molar refractivity (Wildman–Crippen MR) is 76.7 cm³/mol. The number of hydrogen-bond acceptors (Lipinski definition) is 2. The van der Waals surface area contributed by atoms with Crippen molar-refractivity contribution in [3.8, 4) is 0 Å². The molecule has 0 radical (unpaired) electrons. The fraction of sp³-hybridized carbons (Fsp3) is 0.400. The van der Waals surface area contributed by atoms with Gasteiger partial charge in [-0.05, 0) is 54.0 Å². The zero-order chi connectivity index (χ0) is 14.4. The molecular formula is C15H19ClO3. The Hall–Kier alpha value is -1.32. The Balaban J connectivity index is 0.000000550. The Morgan fingerprint density at radius 3 is 2.58 bits per heavy atom. The first-order chi connectivity index (χ1) is 9.04. The van der Waals surface area contributed by atoms with Crippen LogP contribution in [0.2, 0.25) is 0 Å². The Morgan fingerprint density at radius 1 is 1.58 bits per heavy atom. The van der Waals surface area contributed by atoms with Gasteiger partial charge in [0.2, 0.25) is 0 Å². The van der Waals surface area contributed by atoms with Gasteiger partial charge in [-0.3, -0.25) is 0 Å². The van der Waals surface area contributed by atoms with Crippen LogP contribution >= 0.6 is 11.6 Å². The van der Waals surface area contributed by atoms with Crippen molar-refractivity contribution in [2.24, 2.45) is 0 Å². The van der Waals surface area contributed by atoms with Gasteiger partial charge in [-0.15, -0.1) is 0 Å². The molecule has 104 valence electrons. The van der Waals surface area contributed by atoms with Crippen LogP contribution in [0.4, 0.5) is 0 Å². The number of aliphatic hydroxyl groups excluding tert-OH is 1. The van der Waals surface area contributed by atoms with Gasteiger partial charge in [0.1, 0.15) is 0 Å². The highest BCUT2D eigenvalue weighted by atomic mass is 35.5. The van der Waals surface area contributed by atoms with Crippen molar-refractivity contribution in [3.63, 3.8) is 0 Å². The summed E-state index contributed by atoms with van der Waals surface area (Å²) in [7, 11) is 0. The molecule has 0 saturated heterocycles. The maximum atomic E-state index is 10.9. The van der Waals surface area contributed by atoms with Gasteiger partial charge in [0.05, 0.1) is 11.7 Å². The summed E-state index contributed by atoms with van der Waals surface area (Å²) in [6, 6.07) is 5.10. The van der Waals surface area contributed by atoms with Crippen molar-refractivity contribution >= 4 is 17.6 Å². The lowest BCUT2D eigenvalue weighted by molar-refractivity contribution is 0.0696. The second kappa shape index (κ2) is 7.31. The molecule has 1 aromatic carbocycles. The molecule has 2 rings (SSSR count). The van der Waals surface area contributed by atoms with Crippen molar-refractivity contribution in [3.05, 3.63) is 47.0 Å². The van der Waals surface area contributed by atoms with Gasteiger partial charge in [-0.25, -0.2) is 4.79 Å². The predicted octanol–water partition coefficient (Wildman–Crippen LogP) is 4.07. The van der Waals surface area contributed by atoms with E-state index in [1.807, 2.05) is 13.0 Å². The molecule has 2 N–H and O–H groups in total. The fourth-order valence-corrected chi connectivity index (χ4v) is 1.98. The van der Waals surface area contributed by atoms with Crippen LogP contribution in [0.5, 0.6) is 0 Å². The third-order valence-electron chi connectivity index (χ3n) is 3.10. The molecule has 1 unspecified atom stereocenters. The normalized spacial score (nSPS) is 15.1. The van der Waals surface area contributed by atoms with Crippen LogP contribution in [-0.2, 0) is 0 Å². The summed E-state index contributed by atoms with van der Waals surface area (Å²) in [6.45, 7) is 5.02. The van der Waals surface area contributed by atoms with E-state index in [0.717, 1.165) is 24.0 Å². The lowest BCUT2D eigenvalue weighted by Gasteiger charge is -2.14. The molecule has 1 aromatic rings. The summed E-state index contributed by atoms with van der Waals surface area (Å²) in [4.78, 5) is 10.9. The molecule has 1 atom stereocenters. The molecule has 1 aliphatic rings. The zero-order valence-electron chi connectivity index (χ0n) is 11.0. The highest BCUT2D eigenvalue weighted by Crippen LogP contribution is 2.43. The van der Waals surface area contributed by atoms with Crippen LogP contribution in [-0.4, -0.2) is 16.2 Å². The zero-order valence-corrected chi connectivity index (χ0v) is 11.7. The van der Waals surface area contributed by atoms with Crippen LogP contribution in [0.3, 0.4) is 0 Å². The SMILES string of the molecule is C=CCl.CCC(O)c1cc(C(=O)O)ccc1C1CC1. The topological polar surface area (TPSA) is 57.5 Å². The number of carbonyl (C=O) groups is 1. The third-order valence-corrected chi connectivity index (χ3v) is 3.10. The largest absolute Gasteiger partial charge is 0.478 e. The summed E-state index contributed by atoms with van der Waals surface area (Å²) < 4.78 is 0. The van der Waals surface area contributed by atoms with Crippen LogP contribution < -0.4 is 0 Å². The quantitative estimate of drug-likeness (QED) is 0.875. The van der Waals surface area contributed by atoms with Gasteiger partial charge >= 0.3 is 5.97 Å². The molecule has 3 nitrogen and oxygen atoms in total. The highest BCUT2D eigenvalue weighted by Gasteiger charge is 2.28.